The SMILES string of the molecule is CC(O)C(C)Cn1nnc(-c2ccccc2Nc2ccc(C(F)(F)F)cc2)n1. The molecule has 0 bridgehead atoms. The van der Waals surface area contributed by atoms with E-state index in [0.717, 1.165) is 12.1 Å². The molecule has 2 N–H and O–H groups in total. The van der Waals surface area contributed by atoms with E-state index in [-0.39, 0.29) is 5.92 Å². The molecule has 6 nitrogen and oxygen atoms in total. The second-order valence-corrected chi connectivity index (χ2v) is 6.63. The van der Waals surface area contributed by atoms with E-state index in [9.17, 15) is 18.3 Å². The summed E-state index contributed by atoms with van der Waals surface area (Å²) in [6, 6.07) is 12.0. The number of rotatable bonds is 6. The number of nitrogens with one attached hydrogen (secondary N) is 1. The molecule has 0 aliphatic carbocycles. The Labute approximate surface area is 160 Å². The predicted molar refractivity (Wildman–Crippen MR) is 98.8 cm³/mol. The van der Waals surface area contributed by atoms with Crippen molar-refractivity contribution in [3.63, 3.8) is 0 Å². The highest BCUT2D eigenvalue weighted by Crippen LogP contribution is 2.32. The Morgan fingerprint density at radius 3 is 2.39 bits per heavy atom. The van der Waals surface area contributed by atoms with Crippen LogP contribution in [-0.2, 0) is 12.7 Å². The number of aromatic nitrogens is 4. The van der Waals surface area contributed by atoms with E-state index in [2.05, 4.69) is 20.7 Å². The Morgan fingerprint density at radius 2 is 1.75 bits per heavy atom. The molecule has 0 aliphatic heterocycles. The molecular weight excluding hydrogens is 371 g/mol. The lowest BCUT2D eigenvalue weighted by Crippen LogP contribution is -2.20. The largest absolute Gasteiger partial charge is 0.416 e. The lowest BCUT2D eigenvalue weighted by Gasteiger charge is -2.13. The first-order chi connectivity index (χ1) is 13.2. The lowest BCUT2D eigenvalue weighted by molar-refractivity contribution is -0.137. The molecule has 0 saturated carbocycles. The van der Waals surface area contributed by atoms with Crippen molar-refractivity contribution in [2.75, 3.05) is 5.32 Å². The molecule has 0 amide bonds. The maximum atomic E-state index is 12.7. The molecule has 9 heteroatoms. The number of anilines is 2. The highest BCUT2D eigenvalue weighted by atomic mass is 19.4. The second kappa shape index (κ2) is 7.97. The summed E-state index contributed by atoms with van der Waals surface area (Å²) in [5, 5.41) is 25.1. The van der Waals surface area contributed by atoms with Crippen molar-refractivity contribution in [1.29, 1.82) is 0 Å². The number of aliphatic hydroxyl groups is 1. The first-order valence-electron chi connectivity index (χ1n) is 8.73. The number of alkyl halides is 3. The summed E-state index contributed by atoms with van der Waals surface area (Å²) in [6.45, 7) is 4.00. The van der Waals surface area contributed by atoms with Gasteiger partial charge in [0.2, 0.25) is 5.82 Å². The van der Waals surface area contributed by atoms with Crippen LogP contribution in [0.2, 0.25) is 0 Å². The van der Waals surface area contributed by atoms with Crippen LogP contribution in [0.15, 0.2) is 48.5 Å². The highest BCUT2D eigenvalue weighted by Gasteiger charge is 2.30. The van der Waals surface area contributed by atoms with Crippen molar-refractivity contribution in [3.05, 3.63) is 54.1 Å². The van der Waals surface area contributed by atoms with Gasteiger partial charge in [0, 0.05) is 22.9 Å². The molecule has 28 heavy (non-hydrogen) atoms. The monoisotopic (exact) mass is 391 g/mol. The van der Waals surface area contributed by atoms with Crippen molar-refractivity contribution in [2.45, 2.75) is 32.7 Å². The summed E-state index contributed by atoms with van der Waals surface area (Å²) in [6.07, 6.45) is -4.87. The van der Waals surface area contributed by atoms with Gasteiger partial charge in [0.05, 0.1) is 18.2 Å². The van der Waals surface area contributed by atoms with Gasteiger partial charge >= 0.3 is 6.18 Å². The van der Waals surface area contributed by atoms with Crippen LogP contribution in [0, 0.1) is 5.92 Å². The summed E-state index contributed by atoms with van der Waals surface area (Å²) in [5.74, 6) is 0.343. The maximum Gasteiger partial charge on any atom is 0.416 e. The summed E-state index contributed by atoms with van der Waals surface area (Å²) in [4.78, 5) is 1.42. The van der Waals surface area contributed by atoms with Gasteiger partial charge in [0.15, 0.2) is 0 Å². The molecule has 0 aliphatic rings. The minimum atomic E-state index is -4.37. The molecule has 3 rings (SSSR count). The van der Waals surface area contributed by atoms with Crippen LogP contribution >= 0.6 is 0 Å². The van der Waals surface area contributed by atoms with E-state index in [1.165, 1.54) is 16.9 Å². The molecular formula is C19H20F3N5O. The van der Waals surface area contributed by atoms with Gasteiger partial charge in [0.1, 0.15) is 0 Å². The van der Waals surface area contributed by atoms with Crippen molar-refractivity contribution in [3.8, 4) is 11.4 Å². The minimum absolute atomic E-state index is 0.0393. The first-order valence-corrected chi connectivity index (χ1v) is 8.73. The zero-order valence-corrected chi connectivity index (χ0v) is 15.4. The van der Waals surface area contributed by atoms with Crippen LogP contribution in [0.5, 0.6) is 0 Å². The van der Waals surface area contributed by atoms with Crippen molar-refractivity contribution in [1.82, 2.24) is 20.2 Å². The van der Waals surface area contributed by atoms with Gasteiger partial charge in [-0.05, 0) is 48.5 Å². The summed E-state index contributed by atoms with van der Waals surface area (Å²) in [5.41, 5.74) is 1.11. The molecule has 2 unspecified atom stereocenters. The Balaban J connectivity index is 1.81. The van der Waals surface area contributed by atoms with E-state index in [1.54, 1.807) is 25.1 Å². The Bertz CT molecular complexity index is 922. The Morgan fingerprint density at radius 1 is 1.07 bits per heavy atom. The number of halogens is 3. The molecule has 2 aromatic carbocycles. The topological polar surface area (TPSA) is 75.9 Å². The van der Waals surface area contributed by atoms with Crippen LogP contribution in [0.1, 0.15) is 19.4 Å². The van der Waals surface area contributed by atoms with Gasteiger partial charge in [-0.3, -0.25) is 0 Å². The number of aliphatic hydroxyl groups excluding tert-OH is 1. The van der Waals surface area contributed by atoms with Crippen molar-refractivity contribution >= 4 is 11.4 Å². The third kappa shape index (κ3) is 4.66. The molecule has 1 aromatic heterocycles. The number of tetrazole rings is 1. The van der Waals surface area contributed by atoms with Gasteiger partial charge in [-0.25, -0.2) is 0 Å². The lowest BCUT2D eigenvalue weighted by atomic mass is 10.1. The normalized spacial score (nSPS) is 13.9. The Kier molecular flexibility index (Phi) is 5.64. The Hall–Kier alpha value is -2.94. The van der Waals surface area contributed by atoms with E-state index < -0.39 is 17.8 Å². The van der Waals surface area contributed by atoms with Gasteiger partial charge < -0.3 is 10.4 Å². The van der Waals surface area contributed by atoms with Crippen LogP contribution < -0.4 is 5.32 Å². The smallest absolute Gasteiger partial charge is 0.393 e. The minimum Gasteiger partial charge on any atom is -0.393 e. The summed E-state index contributed by atoms with van der Waals surface area (Å²) >= 11 is 0. The van der Waals surface area contributed by atoms with E-state index in [1.807, 2.05) is 13.0 Å². The summed E-state index contributed by atoms with van der Waals surface area (Å²) in [7, 11) is 0. The predicted octanol–water partition coefficient (Wildman–Crippen LogP) is 4.12. The fourth-order valence-corrected chi connectivity index (χ4v) is 2.52. The third-order valence-corrected chi connectivity index (χ3v) is 4.39. The fraction of sp³-hybridized carbons (Fsp3) is 0.316. The molecule has 0 spiro atoms. The van der Waals surface area contributed by atoms with Crippen LogP contribution in [-0.4, -0.2) is 31.4 Å². The van der Waals surface area contributed by atoms with Gasteiger partial charge in [-0.15, -0.1) is 10.2 Å². The van der Waals surface area contributed by atoms with Gasteiger partial charge in [-0.2, -0.15) is 18.0 Å². The highest BCUT2D eigenvalue weighted by molar-refractivity contribution is 5.77. The molecule has 0 saturated heterocycles. The molecule has 3 aromatic rings. The van der Waals surface area contributed by atoms with Gasteiger partial charge in [-0.1, -0.05) is 19.1 Å². The van der Waals surface area contributed by atoms with Crippen LogP contribution in [0.25, 0.3) is 11.4 Å². The quantitative estimate of drug-likeness (QED) is 0.661. The van der Waals surface area contributed by atoms with Crippen LogP contribution in [0.3, 0.4) is 0 Å². The number of para-hydroxylation sites is 1. The van der Waals surface area contributed by atoms with E-state index in [4.69, 9.17) is 0 Å². The number of hydrogen-bond acceptors (Lipinski definition) is 5. The number of hydrogen-bond donors (Lipinski definition) is 2. The second-order valence-electron chi connectivity index (χ2n) is 6.63. The zero-order valence-electron chi connectivity index (χ0n) is 15.4. The first kappa shape index (κ1) is 19.8. The van der Waals surface area contributed by atoms with E-state index >= 15 is 0 Å². The van der Waals surface area contributed by atoms with Crippen LogP contribution in [0.4, 0.5) is 24.5 Å². The van der Waals surface area contributed by atoms with Crippen molar-refractivity contribution in [2.24, 2.45) is 5.92 Å². The number of nitrogens with zero attached hydrogens (tertiary/aromatic N) is 4. The number of benzene rings is 2. The average molecular weight is 391 g/mol. The molecule has 2 atom stereocenters. The standard InChI is InChI=1S/C19H20F3N5O/c1-12(13(2)28)11-27-25-18(24-26-27)16-5-3-4-6-17(16)23-15-9-7-14(8-10-15)19(20,21)22/h3-10,12-13,23,28H,11H2,1-2H3. The molecule has 1 heterocycles. The molecule has 148 valence electrons. The molecule has 0 fully saturated rings. The summed E-state index contributed by atoms with van der Waals surface area (Å²) < 4.78 is 38.1. The average Bonchev–Trinajstić information content (AvgIpc) is 3.10. The van der Waals surface area contributed by atoms with E-state index in [0.29, 0.717) is 29.3 Å². The zero-order chi connectivity index (χ0) is 20.3. The fourth-order valence-electron chi connectivity index (χ4n) is 2.52. The molecule has 0 radical (unpaired) electrons. The third-order valence-electron chi connectivity index (χ3n) is 4.39. The van der Waals surface area contributed by atoms with Gasteiger partial charge in [0.25, 0.3) is 0 Å². The maximum absolute atomic E-state index is 12.7. The van der Waals surface area contributed by atoms with Crippen molar-refractivity contribution < 1.29 is 18.3 Å².